The second-order valence-electron chi connectivity index (χ2n) is 7.58. The summed E-state index contributed by atoms with van der Waals surface area (Å²) < 4.78 is 1.66. The van der Waals surface area contributed by atoms with Gasteiger partial charge in [-0.25, -0.2) is 0 Å². The van der Waals surface area contributed by atoms with Crippen LogP contribution in [-0.4, -0.2) is 16.3 Å². The van der Waals surface area contributed by atoms with Crippen LogP contribution in [0.2, 0.25) is 0 Å². The SMILES string of the molecule is Cc1ccc(C(=O)c2cn(CC(=O)Nc3ccccc3C)c3ccccc3c2=O)cc1. The molecule has 1 heterocycles. The number of ketones is 1. The summed E-state index contributed by atoms with van der Waals surface area (Å²) in [5.41, 5.74) is 3.47. The Morgan fingerprint density at radius 2 is 1.55 bits per heavy atom. The average molecular weight is 410 g/mol. The molecule has 0 saturated carbocycles. The van der Waals surface area contributed by atoms with Gasteiger partial charge in [0.25, 0.3) is 0 Å². The predicted octanol–water partition coefficient (Wildman–Crippen LogP) is 4.49. The van der Waals surface area contributed by atoms with Gasteiger partial charge in [-0.1, -0.05) is 60.2 Å². The van der Waals surface area contributed by atoms with Crippen molar-refractivity contribution in [3.63, 3.8) is 0 Å². The van der Waals surface area contributed by atoms with Crippen LogP contribution in [0.4, 0.5) is 5.69 Å². The molecule has 154 valence electrons. The Labute approximate surface area is 180 Å². The van der Waals surface area contributed by atoms with E-state index in [1.807, 2.05) is 50.2 Å². The quantitative estimate of drug-likeness (QED) is 0.493. The maximum absolute atomic E-state index is 13.1. The van der Waals surface area contributed by atoms with Gasteiger partial charge < -0.3 is 9.88 Å². The van der Waals surface area contributed by atoms with Crippen LogP contribution in [0, 0.1) is 13.8 Å². The summed E-state index contributed by atoms with van der Waals surface area (Å²) in [4.78, 5) is 38.9. The van der Waals surface area contributed by atoms with Gasteiger partial charge in [0.2, 0.25) is 11.3 Å². The number of para-hydroxylation sites is 2. The lowest BCUT2D eigenvalue weighted by Gasteiger charge is -2.14. The van der Waals surface area contributed by atoms with Crippen molar-refractivity contribution in [1.29, 1.82) is 0 Å². The van der Waals surface area contributed by atoms with Gasteiger partial charge in [-0.15, -0.1) is 0 Å². The third-order valence-electron chi connectivity index (χ3n) is 5.28. The van der Waals surface area contributed by atoms with Crippen molar-refractivity contribution < 1.29 is 9.59 Å². The first-order valence-corrected chi connectivity index (χ1v) is 10.0. The highest BCUT2D eigenvalue weighted by Crippen LogP contribution is 2.17. The van der Waals surface area contributed by atoms with E-state index in [0.29, 0.717) is 16.5 Å². The second kappa shape index (κ2) is 8.40. The molecule has 0 atom stereocenters. The molecule has 0 bridgehead atoms. The first-order chi connectivity index (χ1) is 14.9. The molecule has 1 N–H and O–H groups in total. The zero-order valence-corrected chi connectivity index (χ0v) is 17.4. The van der Waals surface area contributed by atoms with E-state index >= 15 is 0 Å². The molecule has 0 radical (unpaired) electrons. The summed E-state index contributed by atoms with van der Waals surface area (Å²) in [5.74, 6) is -0.597. The molecular weight excluding hydrogens is 388 g/mol. The molecule has 0 aliphatic carbocycles. The van der Waals surface area contributed by atoms with E-state index in [1.54, 1.807) is 41.0 Å². The molecule has 0 saturated heterocycles. The predicted molar refractivity (Wildman–Crippen MR) is 123 cm³/mol. The van der Waals surface area contributed by atoms with Gasteiger partial charge in [0.15, 0.2) is 5.78 Å². The maximum atomic E-state index is 13.1. The number of fused-ring (bicyclic) bond motifs is 1. The summed E-state index contributed by atoms with van der Waals surface area (Å²) in [7, 11) is 0. The third kappa shape index (κ3) is 4.16. The molecule has 0 spiro atoms. The molecule has 0 fully saturated rings. The maximum Gasteiger partial charge on any atom is 0.244 e. The molecule has 3 aromatic carbocycles. The van der Waals surface area contributed by atoms with Crippen LogP contribution in [0.25, 0.3) is 10.9 Å². The van der Waals surface area contributed by atoms with Crippen LogP contribution in [0.15, 0.2) is 83.8 Å². The van der Waals surface area contributed by atoms with Crippen molar-refractivity contribution in [2.24, 2.45) is 0 Å². The lowest BCUT2D eigenvalue weighted by atomic mass is 10.0. The number of hydrogen-bond acceptors (Lipinski definition) is 3. The number of aryl methyl sites for hydroxylation is 2. The van der Waals surface area contributed by atoms with Gasteiger partial charge in [-0.05, 0) is 37.6 Å². The van der Waals surface area contributed by atoms with Crippen molar-refractivity contribution in [2.75, 3.05) is 5.32 Å². The zero-order chi connectivity index (χ0) is 22.0. The summed E-state index contributed by atoms with van der Waals surface area (Å²) in [5, 5.41) is 3.31. The Morgan fingerprint density at radius 1 is 0.871 bits per heavy atom. The van der Waals surface area contributed by atoms with E-state index in [0.717, 1.165) is 16.8 Å². The number of pyridine rings is 1. The molecule has 0 aliphatic heterocycles. The molecule has 0 unspecified atom stereocenters. The first-order valence-electron chi connectivity index (χ1n) is 10.0. The van der Waals surface area contributed by atoms with Crippen molar-refractivity contribution in [2.45, 2.75) is 20.4 Å². The lowest BCUT2D eigenvalue weighted by Crippen LogP contribution is -2.24. The minimum atomic E-state index is -0.358. The van der Waals surface area contributed by atoms with Crippen LogP contribution in [0.1, 0.15) is 27.0 Å². The minimum absolute atomic E-state index is 0.0245. The van der Waals surface area contributed by atoms with Gasteiger partial charge in [0, 0.05) is 22.8 Å². The van der Waals surface area contributed by atoms with E-state index < -0.39 is 0 Å². The number of carbonyl (C=O) groups is 2. The van der Waals surface area contributed by atoms with Crippen molar-refractivity contribution >= 4 is 28.3 Å². The minimum Gasteiger partial charge on any atom is -0.337 e. The monoisotopic (exact) mass is 410 g/mol. The number of aromatic nitrogens is 1. The molecule has 4 rings (SSSR count). The number of anilines is 1. The highest BCUT2D eigenvalue weighted by molar-refractivity contribution is 6.10. The topological polar surface area (TPSA) is 68.2 Å². The largest absolute Gasteiger partial charge is 0.337 e. The fraction of sp³-hybridized carbons (Fsp3) is 0.115. The molecule has 1 aromatic heterocycles. The first kappa shape index (κ1) is 20.3. The Bertz CT molecular complexity index is 1350. The van der Waals surface area contributed by atoms with E-state index in [4.69, 9.17) is 0 Å². The molecule has 5 heteroatoms. The number of nitrogens with zero attached hydrogens (tertiary/aromatic N) is 1. The van der Waals surface area contributed by atoms with Crippen LogP contribution in [0.5, 0.6) is 0 Å². The van der Waals surface area contributed by atoms with Crippen LogP contribution < -0.4 is 10.7 Å². The van der Waals surface area contributed by atoms with Gasteiger partial charge in [0.05, 0.1) is 11.1 Å². The van der Waals surface area contributed by atoms with Crippen molar-refractivity contribution in [3.05, 3.63) is 111 Å². The van der Waals surface area contributed by atoms with Gasteiger partial charge >= 0.3 is 0 Å². The highest BCUT2D eigenvalue weighted by Gasteiger charge is 2.18. The Kier molecular flexibility index (Phi) is 5.50. The number of benzene rings is 3. The smallest absolute Gasteiger partial charge is 0.244 e. The van der Waals surface area contributed by atoms with E-state index in [-0.39, 0.29) is 29.2 Å². The summed E-state index contributed by atoms with van der Waals surface area (Å²) in [6.07, 6.45) is 1.49. The van der Waals surface area contributed by atoms with Crippen LogP contribution in [0.3, 0.4) is 0 Å². The lowest BCUT2D eigenvalue weighted by molar-refractivity contribution is -0.116. The molecule has 1 amide bonds. The van der Waals surface area contributed by atoms with Gasteiger partial charge in [-0.3, -0.25) is 14.4 Å². The molecule has 0 aliphatic rings. The van der Waals surface area contributed by atoms with E-state index in [9.17, 15) is 14.4 Å². The molecule has 31 heavy (non-hydrogen) atoms. The average Bonchev–Trinajstić information content (AvgIpc) is 2.77. The van der Waals surface area contributed by atoms with Crippen LogP contribution in [-0.2, 0) is 11.3 Å². The van der Waals surface area contributed by atoms with Crippen molar-refractivity contribution in [3.8, 4) is 0 Å². The summed E-state index contributed by atoms with van der Waals surface area (Å²) in [6, 6.07) is 21.6. The van der Waals surface area contributed by atoms with E-state index in [1.165, 1.54) is 6.20 Å². The summed E-state index contributed by atoms with van der Waals surface area (Å²) in [6.45, 7) is 3.83. The third-order valence-corrected chi connectivity index (χ3v) is 5.28. The molecule has 4 aromatic rings. The molecule has 5 nitrogen and oxygen atoms in total. The Hall–Kier alpha value is -3.99. The summed E-state index contributed by atoms with van der Waals surface area (Å²) >= 11 is 0. The number of amides is 1. The Morgan fingerprint density at radius 3 is 2.29 bits per heavy atom. The van der Waals surface area contributed by atoms with Crippen molar-refractivity contribution in [1.82, 2.24) is 4.57 Å². The highest BCUT2D eigenvalue weighted by atomic mass is 16.2. The fourth-order valence-corrected chi connectivity index (χ4v) is 3.56. The van der Waals surface area contributed by atoms with Gasteiger partial charge in [0.1, 0.15) is 6.54 Å². The number of rotatable bonds is 5. The van der Waals surface area contributed by atoms with E-state index in [2.05, 4.69) is 5.32 Å². The fourth-order valence-electron chi connectivity index (χ4n) is 3.56. The second-order valence-corrected chi connectivity index (χ2v) is 7.58. The number of carbonyl (C=O) groups excluding carboxylic acids is 2. The van der Waals surface area contributed by atoms with Gasteiger partial charge in [-0.2, -0.15) is 0 Å². The standard InChI is InChI=1S/C26H22N2O3/c1-17-11-13-19(14-12-17)25(30)21-15-28(23-10-6-4-8-20(23)26(21)31)16-24(29)27-22-9-5-3-7-18(22)2/h3-15H,16H2,1-2H3,(H,27,29). The normalized spacial score (nSPS) is 10.8. The zero-order valence-electron chi connectivity index (χ0n) is 17.4. The Balaban J connectivity index is 1.74. The number of nitrogens with one attached hydrogen (secondary N) is 1. The number of hydrogen-bond donors (Lipinski definition) is 1. The molecular formula is C26H22N2O3. The van der Waals surface area contributed by atoms with Crippen LogP contribution >= 0.6 is 0 Å².